The van der Waals surface area contributed by atoms with Gasteiger partial charge in [0, 0.05) is 18.7 Å². The molecule has 1 rings (SSSR count). The van der Waals surface area contributed by atoms with Crippen LogP contribution >= 0.6 is 0 Å². The van der Waals surface area contributed by atoms with Gasteiger partial charge in [-0.05, 0) is 19.5 Å². The van der Waals surface area contributed by atoms with E-state index in [0.717, 1.165) is 30.9 Å². The Morgan fingerprint density at radius 1 is 1.25 bits per heavy atom. The highest BCUT2D eigenvalue weighted by Crippen LogP contribution is 2.11. The molecule has 0 fully saturated rings. The van der Waals surface area contributed by atoms with Crippen molar-refractivity contribution < 1.29 is 13.9 Å². The highest BCUT2D eigenvalue weighted by atomic mass is 16.5. The van der Waals surface area contributed by atoms with Crippen LogP contribution in [0, 0.1) is 0 Å². The van der Waals surface area contributed by atoms with Crippen molar-refractivity contribution in [1.82, 2.24) is 5.32 Å². The molecule has 1 N–H and O–H groups in total. The molecule has 0 aliphatic heterocycles. The summed E-state index contributed by atoms with van der Waals surface area (Å²) in [4.78, 5) is 0. The summed E-state index contributed by atoms with van der Waals surface area (Å²) in [6, 6.07) is 1.96. The van der Waals surface area contributed by atoms with Crippen LogP contribution in [-0.4, -0.2) is 26.9 Å². The smallest absolute Gasteiger partial charge is 0.133 e. The van der Waals surface area contributed by atoms with Gasteiger partial charge < -0.3 is 19.2 Å². The van der Waals surface area contributed by atoms with Crippen molar-refractivity contribution in [3.63, 3.8) is 0 Å². The molecule has 0 aliphatic carbocycles. The van der Waals surface area contributed by atoms with Crippen LogP contribution in [0.15, 0.2) is 16.7 Å². The average molecular weight is 227 g/mol. The minimum absolute atomic E-state index is 0.513. The Balaban J connectivity index is 2.13. The van der Waals surface area contributed by atoms with Crippen molar-refractivity contribution in [1.29, 1.82) is 0 Å². The quantitative estimate of drug-likeness (QED) is 0.655. The molecule has 0 saturated carbocycles. The summed E-state index contributed by atoms with van der Waals surface area (Å²) in [5, 5.41) is 3.09. The molecular formula is C12H21NO3. The van der Waals surface area contributed by atoms with Crippen LogP contribution in [0.25, 0.3) is 0 Å². The number of hydrogen-bond donors (Lipinski definition) is 1. The lowest BCUT2D eigenvalue weighted by atomic mass is 10.2. The van der Waals surface area contributed by atoms with E-state index >= 15 is 0 Å². The Morgan fingerprint density at radius 2 is 2.06 bits per heavy atom. The molecule has 0 amide bonds. The minimum Gasteiger partial charge on any atom is -0.467 e. The second-order valence-electron chi connectivity index (χ2n) is 3.56. The van der Waals surface area contributed by atoms with Crippen LogP contribution in [0.1, 0.15) is 24.7 Å². The summed E-state index contributed by atoms with van der Waals surface area (Å²) in [5.41, 5.74) is 1.15. The number of rotatable bonds is 9. The molecule has 16 heavy (non-hydrogen) atoms. The molecule has 1 aromatic rings. The Morgan fingerprint density at radius 3 is 2.81 bits per heavy atom. The maximum Gasteiger partial charge on any atom is 0.133 e. The van der Waals surface area contributed by atoms with E-state index in [1.165, 1.54) is 0 Å². The van der Waals surface area contributed by atoms with Crippen LogP contribution in [0.2, 0.25) is 0 Å². The summed E-state index contributed by atoms with van der Waals surface area (Å²) in [7, 11) is 1.91. The first kappa shape index (κ1) is 13.2. The fourth-order valence-electron chi connectivity index (χ4n) is 1.37. The zero-order valence-electron chi connectivity index (χ0n) is 10.1. The molecule has 0 bridgehead atoms. The van der Waals surface area contributed by atoms with Crippen LogP contribution in [0.4, 0.5) is 0 Å². The van der Waals surface area contributed by atoms with Crippen LogP contribution in [0.3, 0.4) is 0 Å². The number of furan rings is 1. The lowest BCUT2D eigenvalue weighted by molar-refractivity contribution is 0.0346. The third-order valence-electron chi connectivity index (χ3n) is 2.16. The molecule has 92 valence electrons. The molecule has 4 nitrogen and oxygen atoms in total. The van der Waals surface area contributed by atoms with E-state index in [-0.39, 0.29) is 0 Å². The molecule has 0 atom stereocenters. The maximum atomic E-state index is 5.47. The molecule has 0 aliphatic rings. The van der Waals surface area contributed by atoms with Gasteiger partial charge in [0.05, 0.1) is 19.5 Å². The summed E-state index contributed by atoms with van der Waals surface area (Å²) in [6.07, 6.45) is 2.74. The number of ether oxygens (including phenoxy) is 2. The van der Waals surface area contributed by atoms with Crippen molar-refractivity contribution in [2.45, 2.75) is 26.5 Å². The second kappa shape index (κ2) is 8.33. The standard InChI is InChI=1S/C12H21NO3/c1-3-5-14-7-8-15-10-12-11(9-13-2)4-6-16-12/h4,6,13H,3,5,7-10H2,1-2H3. The SMILES string of the molecule is CCCOCCOCc1occc1CNC. The van der Waals surface area contributed by atoms with E-state index in [9.17, 15) is 0 Å². The van der Waals surface area contributed by atoms with E-state index in [2.05, 4.69) is 12.2 Å². The van der Waals surface area contributed by atoms with Gasteiger partial charge in [-0.25, -0.2) is 0 Å². The van der Waals surface area contributed by atoms with Gasteiger partial charge in [-0.3, -0.25) is 0 Å². The first-order chi connectivity index (χ1) is 7.88. The summed E-state index contributed by atoms with van der Waals surface area (Å²) >= 11 is 0. The van der Waals surface area contributed by atoms with Gasteiger partial charge in [-0.2, -0.15) is 0 Å². The minimum atomic E-state index is 0.513. The van der Waals surface area contributed by atoms with Crippen LogP contribution < -0.4 is 5.32 Å². The highest BCUT2D eigenvalue weighted by Gasteiger charge is 2.04. The van der Waals surface area contributed by atoms with Gasteiger partial charge in [0.2, 0.25) is 0 Å². The first-order valence-corrected chi connectivity index (χ1v) is 5.73. The van der Waals surface area contributed by atoms with E-state index in [0.29, 0.717) is 19.8 Å². The van der Waals surface area contributed by atoms with E-state index in [1.807, 2.05) is 13.1 Å². The van der Waals surface area contributed by atoms with E-state index in [1.54, 1.807) is 6.26 Å². The van der Waals surface area contributed by atoms with E-state index < -0.39 is 0 Å². The van der Waals surface area contributed by atoms with Gasteiger partial charge in [0.25, 0.3) is 0 Å². The lowest BCUT2D eigenvalue weighted by Crippen LogP contribution is -2.08. The van der Waals surface area contributed by atoms with Gasteiger partial charge in [-0.1, -0.05) is 6.92 Å². The molecule has 1 heterocycles. The van der Waals surface area contributed by atoms with Crippen molar-refractivity contribution in [2.24, 2.45) is 0 Å². The fourth-order valence-corrected chi connectivity index (χ4v) is 1.37. The number of hydrogen-bond acceptors (Lipinski definition) is 4. The largest absolute Gasteiger partial charge is 0.467 e. The Kier molecular flexibility index (Phi) is 6.88. The monoisotopic (exact) mass is 227 g/mol. The lowest BCUT2D eigenvalue weighted by Gasteiger charge is -2.05. The third-order valence-corrected chi connectivity index (χ3v) is 2.16. The summed E-state index contributed by atoms with van der Waals surface area (Å²) < 4.78 is 16.1. The molecule has 0 radical (unpaired) electrons. The first-order valence-electron chi connectivity index (χ1n) is 5.73. The Labute approximate surface area is 96.9 Å². The number of nitrogens with one attached hydrogen (secondary N) is 1. The van der Waals surface area contributed by atoms with Gasteiger partial charge in [0.15, 0.2) is 0 Å². The zero-order chi connectivity index (χ0) is 11.6. The van der Waals surface area contributed by atoms with Crippen LogP contribution in [-0.2, 0) is 22.6 Å². The zero-order valence-corrected chi connectivity index (χ0v) is 10.1. The summed E-state index contributed by atoms with van der Waals surface area (Å²) in [6.45, 7) is 5.47. The van der Waals surface area contributed by atoms with Crippen molar-refractivity contribution in [3.8, 4) is 0 Å². The van der Waals surface area contributed by atoms with E-state index in [4.69, 9.17) is 13.9 Å². The summed E-state index contributed by atoms with van der Waals surface area (Å²) in [5.74, 6) is 0.893. The molecule has 0 saturated heterocycles. The van der Waals surface area contributed by atoms with Crippen molar-refractivity contribution >= 4 is 0 Å². The third kappa shape index (κ3) is 4.79. The molecule has 0 aromatic carbocycles. The predicted molar refractivity (Wildman–Crippen MR) is 62.2 cm³/mol. The van der Waals surface area contributed by atoms with Gasteiger partial charge >= 0.3 is 0 Å². The van der Waals surface area contributed by atoms with Gasteiger partial charge in [0.1, 0.15) is 12.4 Å². The molecular weight excluding hydrogens is 206 g/mol. The Hall–Kier alpha value is -0.840. The molecule has 1 aromatic heterocycles. The fraction of sp³-hybridized carbons (Fsp3) is 0.667. The topological polar surface area (TPSA) is 43.6 Å². The Bertz CT molecular complexity index is 273. The van der Waals surface area contributed by atoms with Gasteiger partial charge in [-0.15, -0.1) is 0 Å². The second-order valence-corrected chi connectivity index (χ2v) is 3.56. The predicted octanol–water partition coefficient (Wildman–Crippen LogP) is 1.94. The highest BCUT2D eigenvalue weighted by molar-refractivity contribution is 5.15. The van der Waals surface area contributed by atoms with Crippen LogP contribution in [0.5, 0.6) is 0 Å². The van der Waals surface area contributed by atoms with Crippen molar-refractivity contribution in [2.75, 3.05) is 26.9 Å². The maximum absolute atomic E-state index is 5.47. The molecule has 4 heteroatoms. The molecule has 0 unspecified atom stereocenters. The normalized spacial score (nSPS) is 10.9. The van der Waals surface area contributed by atoms with Crippen molar-refractivity contribution in [3.05, 3.63) is 23.7 Å². The molecule has 0 spiro atoms. The average Bonchev–Trinajstić information content (AvgIpc) is 2.72.